The predicted octanol–water partition coefficient (Wildman–Crippen LogP) is 1.13. The zero-order valence-corrected chi connectivity index (χ0v) is 11.9. The van der Waals surface area contributed by atoms with Crippen molar-refractivity contribution in [2.45, 2.75) is 20.4 Å². The van der Waals surface area contributed by atoms with E-state index in [2.05, 4.69) is 4.98 Å². The number of carbonyl (C=O) groups is 1. The molecule has 0 radical (unpaired) electrons. The molecule has 1 N–H and O–H groups in total. The second-order valence-corrected chi connectivity index (χ2v) is 4.58. The zero-order valence-electron chi connectivity index (χ0n) is 11.9. The molecule has 0 unspecified atom stereocenters. The number of aromatic amines is 1. The van der Waals surface area contributed by atoms with Gasteiger partial charge in [0.2, 0.25) is 0 Å². The number of ketones is 1. The molecule has 6 heteroatoms. The normalized spacial score (nSPS) is 10.4. The lowest BCUT2D eigenvalue weighted by Crippen LogP contribution is -2.32. The van der Waals surface area contributed by atoms with Crippen molar-refractivity contribution < 1.29 is 9.53 Å². The van der Waals surface area contributed by atoms with Crippen LogP contribution in [0.25, 0.3) is 0 Å². The second kappa shape index (κ2) is 6.21. The highest BCUT2D eigenvalue weighted by Gasteiger charge is 2.09. The van der Waals surface area contributed by atoms with Crippen LogP contribution < -0.4 is 16.0 Å². The zero-order chi connectivity index (χ0) is 15.4. The van der Waals surface area contributed by atoms with Crippen LogP contribution in [0.3, 0.4) is 0 Å². The molecule has 0 bridgehead atoms. The second-order valence-electron chi connectivity index (χ2n) is 4.58. The van der Waals surface area contributed by atoms with Gasteiger partial charge < -0.3 is 4.74 Å². The first-order valence-electron chi connectivity index (χ1n) is 6.57. The lowest BCUT2D eigenvalue weighted by atomic mass is 10.1. The first-order chi connectivity index (χ1) is 10.0. The van der Waals surface area contributed by atoms with Crippen molar-refractivity contribution in [2.24, 2.45) is 0 Å². The summed E-state index contributed by atoms with van der Waals surface area (Å²) in [5.41, 5.74) is -0.169. The van der Waals surface area contributed by atoms with Crippen molar-refractivity contribution in [1.82, 2.24) is 9.55 Å². The fourth-order valence-electron chi connectivity index (χ4n) is 1.89. The molecule has 2 rings (SSSR count). The standard InChI is InChI=1S/C15H16N2O4/c1-3-21-12-6-4-11(5-7-12)13(18)9-17-8-10(2)14(19)16-15(17)20/h4-8H,3,9H2,1-2H3,(H,16,19,20). The number of aromatic nitrogens is 2. The highest BCUT2D eigenvalue weighted by Crippen LogP contribution is 2.12. The minimum atomic E-state index is -0.593. The Labute approximate surface area is 121 Å². The number of nitrogens with one attached hydrogen (secondary N) is 1. The molecule has 0 amide bonds. The maximum absolute atomic E-state index is 12.1. The molecule has 0 aliphatic carbocycles. The third-order valence-electron chi connectivity index (χ3n) is 2.99. The summed E-state index contributed by atoms with van der Waals surface area (Å²) in [4.78, 5) is 37.2. The predicted molar refractivity (Wildman–Crippen MR) is 78.0 cm³/mol. The summed E-state index contributed by atoms with van der Waals surface area (Å²) >= 11 is 0. The molecular weight excluding hydrogens is 272 g/mol. The highest BCUT2D eigenvalue weighted by atomic mass is 16.5. The van der Waals surface area contributed by atoms with Gasteiger partial charge in [0.25, 0.3) is 5.56 Å². The van der Waals surface area contributed by atoms with E-state index in [1.165, 1.54) is 10.8 Å². The number of aryl methyl sites for hydroxylation is 1. The Kier molecular flexibility index (Phi) is 4.37. The van der Waals surface area contributed by atoms with E-state index in [-0.39, 0.29) is 12.3 Å². The number of Topliss-reactive ketones (excluding diaryl/α,β-unsaturated/α-hetero) is 1. The van der Waals surface area contributed by atoms with Crippen LogP contribution in [0, 0.1) is 6.92 Å². The van der Waals surface area contributed by atoms with Crippen molar-refractivity contribution in [3.8, 4) is 5.75 Å². The van der Waals surface area contributed by atoms with Crippen LogP contribution >= 0.6 is 0 Å². The SMILES string of the molecule is CCOc1ccc(C(=O)Cn2cc(C)c(=O)[nH]c2=O)cc1. The molecule has 0 aliphatic rings. The Hall–Kier alpha value is -2.63. The van der Waals surface area contributed by atoms with Crippen LogP contribution in [0.2, 0.25) is 0 Å². The lowest BCUT2D eigenvalue weighted by Gasteiger charge is -2.07. The van der Waals surface area contributed by atoms with Crippen LogP contribution in [-0.4, -0.2) is 21.9 Å². The molecular formula is C15H16N2O4. The molecule has 110 valence electrons. The molecule has 6 nitrogen and oxygen atoms in total. The van der Waals surface area contributed by atoms with Gasteiger partial charge in [-0.05, 0) is 38.1 Å². The minimum absolute atomic E-state index is 0.121. The van der Waals surface area contributed by atoms with Gasteiger partial charge in [0, 0.05) is 17.3 Å². The first-order valence-corrected chi connectivity index (χ1v) is 6.57. The van der Waals surface area contributed by atoms with Gasteiger partial charge >= 0.3 is 5.69 Å². The van der Waals surface area contributed by atoms with E-state index in [0.717, 1.165) is 0 Å². The van der Waals surface area contributed by atoms with Crippen LogP contribution in [-0.2, 0) is 6.54 Å². The Morgan fingerprint density at radius 2 is 1.90 bits per heavy atom. The first kappa shape index (κ1) is 14.8. The van der Waals surface area contributed by atoms with E-state index in [1.807, 2.05) is 6.92 Å². The average Bonchev–Trinajstić information content (AvgIpc) is 2.46. The summed E-state index contributed by atoms with van der Waals surface area (Å²) in [6.07, 6.45) is 1.38. The van der Waals surface area contributed by atoms with Gasteiger partial charge in [0.1, 0.15) is 5.75 Å². The van der Waals surface area contributed by atoms with Crippen LogP contribution in [0.15, 0.2) is 40.1 Å². The molecule has 1 aromatic heterocycles. The van der Waals surface area contributed by atoms with E-state index in [0.29, 0.717) is 23.5 Å². The third kappa shape index (κ3) is 3.47. The minimum Gasteiger partial charge on any atom is -0.494 e. The lowest BCUT2D eigenvalue weighted by molar-refractivity contribution is 0.0970. The van der Waals surface area contributed by atoms with E-state index in [4.69, 9.17) is 4.74 Å². The Balaban J connectivity index is 2.20. The Morgan fingerprint density at radius 3 is 2.52 bits per heavy atom. The quantitative estimate of drug-likeness (QED) is 0.836. The summed E-state index contributed by atoms with van der Waals surface area (Å²) in [5, 5.41) is 0. The number of carbonyl (C=O) groups excluding carboxylic acids is 1. The fraction of sp³-hybridized carbons (Fsp3) is 0.267. The molecule has 1 heterocycles. The summed E-state index contributed by atoms with van der Waals surface area (Å²) in [7, 11) is 0. The average molecular weight is 288 g/mol. The molecule has 0 aliphatic heterocycles. The van der Waals surface area contributed by atoms with Crippen molar-refractivity contribution in [3.05, 3.63) is 62.4 Å². The summed E-state index contributed by atoms with van der Waals surface area (Å²) < 4.78 is 6.49. The summed E-state index contributed by atoms with van der Waals surface area (Å²) in [6.45, 7) is 3.89. The maximum Gasteiger partial charge on any atom is 0.328 e. The number of nitrogens with zero attached hydrogens (tertiary/aromatic N) is 1. The molecule has 0 spiro atoms. The number of hydrogen-bond donors (Lipinski definition) is 1. The van der Waals surface area contributed by atoms with Gasteiger partial charge in [-0.3, -0.25) is 19.1 Å². The number of benzene rings is 1. The van der Waals surface area contributed by atoms with Crippen molar-refractivity contribution in [2.75, 3.05) is 6.61 Å². The molecule has 0 atom stereocenters. The third-order valence-corrected chi connectivity index (χ3v) is 2.99. The van der Waals surface area contributed by atoms with Gasteiger partial charge in [0.05, 0.1) is 13.2 Å². The van der Waals surface area contributed by atoms with Crippen molar-refractivity contribution in [1.29, 1.82) is 0 Å². The number of rotatable bonds is 5. The summed E-state index contributed by atoms with van der Waals surface area (Å²) in [5.74, 6) is 0.470. The number of ether oxygens (including phenoxy) is 1. The largest absolute Gasteiger partial charge is 0.494 e. The molecule has 0 saturated carbocycles. The Morgan fingerprint density at radius 1 is 1.24 bits per heavy atom. The number of H-pyrrole nitrogens is 1. The molecule has 2 aromatic rings. The summed E-state index contributed by atoms with van der Waals surface area (Å²) in [6, 6.07) is 6.71. The van der Waals surface area contributed by atoms with Gasteiger partial charge in [-0.1, -0.05) is 0 Å². The van der Waals surface area contributed by atoms with Crippen LogP contribution in [0.5, 0.6) is 5.75 Å². The van der Waals surface area contributed by atoms with Crippen LogP contribution in [0.1, 0.15) is 22.8 Å². The van der Waals surface area contributed by atoms with E-state index in [9.17, 15) is 14.4 Å². The highest BCUT2D eigenvalue weighted by molar-refractivity contribution is 5.95. The molecule has 0 saturated heterocycles. The van der Waals surface area contributed by atoms with Crippen molar-refractivity contribution >= 4 is 5.78 Å². The smallest absolute Gasteiger partial charge is 0.328 e. The van der Waals surface area contributed by atoms with Crippen molar-refractivity contribution in [3.63, 3.8) is 0 Å². The fourth-order valence-corrected chi connectivity index (χ4v) is 1.89. The van der Waals surface area contributed by atoms with E-state index in [1.54, 1.807) is 31.2 Å². The van der Waals surface area contributed by atoms with Gasteiger partial charge in [-0.2, -0.15) is 0 Å². The van der Waals surface area contributed by atoms with Gasteiger partial charge in [-0.25, -0.2) is 4.79 Å². The molecule has 1 aromatic carbocycles. The van der Waals surface area contributed by atoms with E-state index >= 15 is 0 Å². The van der Waals surface area contributed by atoms with Crippen LogP contribution in [0.4, 0.5) is 0 Å². The Bertz CT molecular complexity index is 756. The monoisotopic (exact) mass is 288 g/mol. The van der Waals surface area contributed by atoms with Gasteiger partial charge in [0.15, 0.2) is 5.78 Å². The molecule has 0 fully saturated rings. The van der Waals surface area contributed by atoms with E-state index < -0.39 is 11.2 Å². The van der Waals surface area contributed by atoms with Gasteiger partial charge in [-0.15, -0.1) is 0 Å². The molecule has 21 heavy (non-hydrogen) atoms. The topological polar surface area (TPSA) is 81.2 Å². The number of hydrogen-bond acceptors (Lipinski definition) is 4. The maximum atomic E-state index is 12.1.